The number of nitrogens with one attached hydrogen (secondary N) is 3. The van der Waals surface area contributed by atoms with Crippen molar-refractivity contribution >= 4 is 0 Å². The van der Waals surface area contributed by atoms with Gasteiger partial charge in [-0.1, -0.05) is 12.1 Å². The molecule has 2 heterocycles. The quantitative estimate of drug-likeness (QED) is 0.462. The summed E-state index contributed by atoms with van der Waals surface area (Å²) >= 11 is 0. The molecular weight excluding hydrogens is 293 g/mol. The monoisotopic (exact) mass is 324 g/mol. The SMILES string of the molecule is OCC[NH+]1CC[NH+](C2CC[NH+](Cc3ccc(F)cc3)CC2)CC1. The Balaban J connectivity index is 1.41. The summed E-state index contributed by atoms with van der Waals surface area (Å²) in [7, 11) is 0. The van der Waals surface area contributed by atoms with Gasteiger partial charge >= 0.3 is 0 Å². The first-order chi connectivity index (χ1) is 11.2. The molecule has 0 radical (unpaired) electrons. The Kier molecular flexibility index (Phi) is 6.00. The normalized spacial score (nSPS) is 31.9. The van der Waals surface area contributed by atoms with E-state index in [1.807, 2.05) is 12.1 Å². The second kappa shape index (κ2) is 8.20. The molecule has 0 amide bonds. The summed E-state index contributed by atoms with van der Waals surface area (Å²) in [6, 6.07) is 7.80. The summed E-state index contributed by atoms with van der Waals surface area (Å²) in [5, 5.41) is 9.05. The number of aliphatic hydroxyl groups excluding tert-OH is 1. The highest BCUT2D eigenvalue weighted by Gasteiger charge is 2.33. The largest absolute Gasteiger partial charge is 0.391 e. The van der Waals surface area contributed by atoms with Gasteiger partial charge in [0.05, 0.1) is 25.7 Å². The lowest BCUT2D eigenvalue weighted by molar-refractivity contribution is -1.03. The van der Waals surface area contributed by atoms with Gasteiger partial charge in [0.1, 0.15) is 45.1 Å². The van der Waals surface area contributed by atoms with Crippen LogP contribution in [0.2, 0.25) is 0 Å². The smallest absolute Gasteiger partial charge is 0.127 e. The van der Waals surface area contributed by atoms with E-state index in [0.717, 1.165) is 19.1 Å². The third-order valence-corrected chi connectivity index (χ3v) is 5.70. The zero-order valence-corrected chi connectivity index (χ0v) is 14.0. The van der Waals surface area contributed by atoms with Crippen molar-refractivity contribution in [3.05, 3.63) is 35.6 Å². The molecule has 128 valence electrons. The van der Waals surface area contributed by atoms with Crippen LogP contribution in [0.25, 0.3) is 0 Å². The van der Waals surface area contributed by atoms with Crippen LogP contribution in [0.15, 0.2) is 24.3 Å². The molecule has 0 saturated carbocycles. The van der Waals surface area contributed by atoms with Crippen molar-refractivity contribution in [2.75, 3.05) is 52.4 Å². The number of halogens is 1. The van der Waals surface area contributed by atoms with Crippen LogP contribution in [0, 0.1) is 5.82 Å². The number of piperidine rings is 1. The van der Waals surface area contributed by atoms with E-state index in [1.54, 1.807) is 26.8 Å². The van der Waals surface area contributed by atoms with Crippen molar-refractivity contribution in [2.45, 2.75) is 25.4 Å². The average Bonchev–Trinajstić information content (AvgIpc) is 2.59. The Hall–Kier alpha value is -1.01. The first-order valence-corrected chi connectivity index (χ1v) is 9.11. The highest BCUT2D eigenvalue weighted by Crippen LogP contribution is 2.02. The van der Waals surface area contributed by atoms with Crippen LogP contribution in [0.5, 0.6) is 0 Å². The van der Waals surface area contributed by atoms with Gasteiger partial charge in [0.25, 0.3) is 0 Å². The second-order valence-corrected chi connectivity index (χ2v) is 7.21. The molecule has 1 aromatic carbocycles. The molecule has 5 heteroatoms. The number of rotatable bonds is 5. The van der Waals surface area contributed by atoms with E-state index in [0.29, 0.717) is 6.61 Å². The van der Waals surface area contributed by atoms with E-state index < -0.39 is 0 Å². The third kappa shape index (κ3) is 4.73. The maximum Gasteiger partial charge on any atom is 0.127 e. The van der Waals surface area contributed by atoms with E-state index >= 15 is 0 Å². The lowest BCUT2D eigenvalue weighted by Gasteiger charge is -2.37. The van der Waals surface area contributed by atoms with Gasteiger partial charge < -0.3 is 19.8 Å². The Labute approximate surface area is 138 Å². The summed E-state index contributed by atoms with van der Waals surface area (Å²) in [6.07, 6.45) is 2.61. The van der Waals surface area contributed by atoms with E-state index in [-0.39, 0.29) is 5.82 Å². The summed E-state index contributed by atoms with van der Waals surface area (Å²) in [6.45, 7) is 9.65. The molecule has 0 aromatic heterocycles. The Morgan fingerprint density at radius 1 is 0.913 bits per heavy atom. The molecule has 1 aromatic rings. The Morgan fingerprint density at radius 2 is 1.57 bits per heavy atom. The summed E-state index contributed by atoms with van der Waals surface area (Å²) in [4.78, 5) is 4.99. The van der Waals surface area contributed by atoms with E-state index in [2.05, 4.69) is 0 Å². The van der Waals surface area contributed by atoms with Gasteiger partial charge in [0.15, 0.2) is 0 Å². The summed E-state index contributed by atoms with van der Waals surface area (Å²) in [5.74, 6) is -0.145. The topological polar surface area (TPSA) is 33.6 Å². The van der Waals surface area contributed by atoms with E-state index in [1.165, 1.54) is 57.7 Å². The van der Waals surface area contributed by atoms with Gasteiger partial charge in [0, 0.05) is 18.4 Å². The molecule has 0 atom stereocenters. The Bertz CT molecular complexity index is 466. The molecule has 2 saturated heterocycles. The highest BCUT2D eigenvalue weighted by atomic mass is 19.1. The van der Waals surface area contributed by atoms with Crippen molar-refractivity contribution in [1.29, 1.82) is 0 Å². The first kappa shape index (κ1) is 16.8. The second-order valence-electron chi connectivity index (χ2n) is 7.21. The zero-order chi connectivity index (χ0) is 16.1. The minimum Gasteiger partial charge on any atom is -0.391 e. The minimum atomic E-state index is -0.145. The molecule has 0 bridgehead atoms. The average molecular weight is 324 g/mol. The maximum atomic E-state index is 13.0. The molecule has 2 aliphatic heterocycles. The molecule has 2 aliphatic rings. The highest BCUT2D eigenvalue weighted by molar-refractivity contribution is 5.14. The number of hydrogen-bond donors (Lipinski definition) is 4. The van der Waals surface area contributed by atoms with Crippen LogP contribution in [-0.2, 0) is 6.54 Å². The fourth-order valence-electron chi connectivity index (χ4n) is 4.24. The standard InChI is InChI=1S/C18H28FN3O/c19-17-3-1-16(2-4-17)15-21-7-5-18(6-8-21)22-11-9-20(10-12-22)13-14-23/h1-4,18,23H,5-15H2/p+3. The number of quaternary nitrogens is 3. The number of aliphatic hydroxyl groups is 1. The van der Waals surface area contributed by atoms with Crippen LogP contribution >= 0.6 is 0 Å². The van der Waals surface area contributed by atoms with E-state index in [4.69, 9.17) is 5.11 Å². The van der Waals surface area contributed by atoms with E-state index in [9.17, 15) is 4.39 Å². The van der Waals surface area contributed by atoms with Crippen LogP contribution < -0.4 is 14.7 Å². The molecule has 0 unspecified atom stereocenters. The van der Waals surface area contributed by atoms with Crippen LogP contribution in [0.3, 0.4) is 0 Å². The molecule has 3 rings (SSSR count). The summed E-state index contributed by atoms with van der Waals surface area (Å²) < 4.78 is 13.0. The summed E-state index contributed by atoms with van der Waals surface area (Å²) in [5.41, 5.74) is 1.24. The first-order valence-electron chi connectivity index (χ1n) is 9.11. The molecule has 2 fully saturated rings. The van der Waals surface area contributed by atoms with Gasteiger partial charge in [-0.15, -0.1) is 0 Å². The van der Waals surface area contributed by atoms with Gasteiger partial charge in [0.2, 0.25) is 0 Å². The molecular formula is C18H31FN3O+3. The maximum absolute atomic E-state index is 13.0. The van der Waals surface area contributed by atoms with Gasteiger partial charge in [-0.25, -0.2) is 4.39 Å². The van der Waals surface area contributed by atoms with Gasteiger partial charge in [-0.2, -0.15) is 0 Å². The molecule has 4 N–H and O–H groups in total. The van der Waals surface area contributed by atoms with Gasteiger partial charge in [-0.05, 0) is 12.1 Å². The fraction of sp³-hybridized carbons (Fsp3) is 0.667. The number of piperazine rings is 1. The number of likely N-dealkylation sites (tertiary alicyclic amines) is 1. The molecule has 0 spiro atoms. The van der Waals surface area contributed by atoms with Crippen molar-refractivity contribution in [3.8, 4) is 0 Å². The van der Waals surface area contributed by atoms with Gasteiger partial charge in [-0.3, -0.25) is 0 Å². The predicted molar refractivity (Wildman–Crippen MR) is 87.2 cm³/mol. The third-order valence-electron chi connectivity index (χ3n) is 5.70. The van der Waals surface area contributed by atoms with Crippen molar-refractivity contribution < 1.29 is 24.2 Å². The predicted octanol–water partition coefficient (Wildman–Crippen LogP) is -2.85. The van der Waals surface area contributed by atoms with Crippen LogP contribution in [-0.4, -0.2) is 63.6 Å². The van der Waals surface area contributed by atoms with Crippen molar-refractivity contribution in [2.24, 2.45) is 0 Å². The Morgan fingerprint density at radius 3 is 2.17 bits per heavy atom. The molecule has 0 aliphatic carbocycles. The van der Waals surface area contributed by atoms with Crippen LogP contribution in [0.1, 0.15) is 18.4 Å². The lowest BCUT2D eigenvalue weighted by Crippen LogP contribution is -3.30. The zero-order valence-electron chi connectivity index (χ0n) is 14.0. The van der Waals surface area contributed by atoms with Crippen molar-refractivity contribution in [1.82, 2.24) is 0 Å². The minimum absolute atomic E-state index is 0.145. The lowest BCUT2D eigenvalue weighted by atomic mass is 10.0. The van der Waals surface area contributed by atoms with Crippen molar-refractivity contribution in [3.63, 3.8) is 0 Å². The molecule has 4 nitrogen and oxygen atoms in total. The number of benzene rings is 1. The van der Waals surface area contributed by atoms with Crippen LogP contribution in [0.4, 0.5) is 4.39 Å². The molecule has 23 heavy (non-hydrogen) atoms. The fourth-order valence-corrected chi connectivity index (χ4v) is 4.24. The number of hydrogen-bond acceptors (Lipinski definition) is 1.